The molecule has 1 aromatic rings. The third kappa shape index (κ3) is 4.81. The van der Waals surface area contributed by atoms with Gasteiger partial charge >= 0.3 is 0 Å². The minimum absolute atomic E-state index is 0.182. The van der Waals surface area contributed by atoms with Gasteiger partial charge < -0.3 is 21.4 Å². The monoisotopic (exact) mass is 239 g/mol. The maximum Gasteiger partial charge on any atom is 0.234 e. The molecule has 0 unspecified atom stereocenters. The molecular formula is C11H17N3O3. The Morgan fingerprint density at radius 2 is 1.94 bits per heavy atom. The molecule has 6 N–H and O–H groups in total. The summed E-state index contributed by atoms with van der Waals surface area (Å²) in [6, 6.07) is 6.09. The predicted molar refractivity (Wildman–Crippen MR) is 62.6 cm³/mol. The number of phenols is 1. The molecule has 6 nitrogen and oxygen atoms in total. The van der Waals surface area contributed by atoms with Gasteiger partial charge in [-0.25, -0.2) is 5.48 Å². The molecule has 0 radical (unpaired) electrons. The standard InChI is InChI=1S/C11H17N3O3/c12-11(16)10(13-5-6-14-17)7-8-1-3-9(15)4-2-8/h1-4,10,13-15,17H,5-7H2,(H2,12,16)/t10-/m0/s1. The summed E-state index contributed by atoms with van der Waals surface area (Å²) in [6.07, 6.45) is 0.445. The summed E-state index contributed by atoms with van der Waals surface area (Å²) in [6.45, 7) is 0.765. The number of hydrogen-bond acceptors (Lipinski definition) is 5. The first-order valence-corrected chi connectivity index (χ1v) is 5.31. The Hall–Kier alpha value is -1.63. The van der Waals surface area contributed by atoms with E-state index >= 15 is 0 Å². The van der Waals surface area contributed by atoms with Gasteiger partial charge in [-0.1, -0.05) is 12.1 Å². The lowest BCUT2D eigenvalue weighted by Crippen LogP contribution is -2.45. The molecule has 1 aromatic carbocycles. The van der Waals surface area contributed by atoms with Crippen LogP contribution >= 0.6 is 0 Å². The number of phenolic OH excluding ortho intramolecular Hbond substituents is 1. The molecule has 0 aliphatic carbocycles. The van der Waals surface area contributed by atoms with Crippen molar-refractivity contribution in [2.45, 2.75) is 12.5 Å². The van der Waals surface area contributed by atoms with Crippen LogP contribution in [0.2, 0.25) is 0 Å². The van der Waals surface area contributed by atoms with Crippen LogP contribution in [0.25, 0.3) is 0 Å². The second kappa shape index (κ2) is 6.85. The van der Waals surface area contributed by atoms with Gasteiger partial charge in [0.15, 0.2) is 0 Å². The third-order valence-electron chi connectivity index (χ3n) is 2.35. The van der Waals surface area contributed by atoms with Gasteiger partial charge in [-0.15, -0.1) is 0 Å². The summed E-state index contributed by atoms with van der Waals surface area (Å²) in [5.74, 6) is -0.266. The van der Waals surface area contributed by atoms with Crippen LogP contribution in [-0.4, -0.2) is 35.4 Å². The second-order valence-corrected chi connectivity index (χ2v) is 3.69. The number of nitrogens with two attached hydrogens (primary N) is 1. The molecule has 1 amide bonds. The average Bonchev–Trinajstić information content (AvgIpc) is 2.30. The van der Waals surface area contributed by atoms with Crippen LogP contribution in [-0.2, 0) is 11.2 Å². The molecule has 1 rings (SSSR count). The summed E-state index contributed by atoms with van der Waals surface area (Å²) in [7, 11) is 0. The fourth-order valence-corrected chi connectivity index (χ4v) is 1.44. The molecular weight excluding hydrogens is 222 g/mol. The number of rotatable bonds is 7. The smallest absolute Gasteiger partial charge is 0.234 e. The van der Waals surface area contributed by atoms with E-state index in [0.717, 1.165) is 5.56 Å². The van der Waals surface area contributed by atoms with E-state index in [1.165, 1.54) is 0 Å². The van der Waals surface area contributed by atoms with E-state index in [1.807, 2.05) is 5.48 Å². The van der Waals surface area contributed by atoms with E-state index in [2.05, 4.69) is 5.32 Å². The number of nitrogens with one attached hydrogen (secondary N) is 2. The van der Waals surface area contributed by atoms with Crippen molar-refractivity contribution in [3.05, 3.63) is 29.8 Å². The zero-order valence-electron chi connectivity index (χ0n) is 9.39. The number of carbonyl (C=O) groups excluding carboxylic acids is 1. The highest BCUT2D eigenvalue weighted by Crippen LogP contribution is 2.11. The maximum absolute atomic E-state index is 11.2. The van der Waals surface area contributed by atoms with Gasteiger partial charge in [-0.2, -0.15) is 0 Å². The van der Waals surface area contributed by atoms with Crippen molar-refractivity contribution in [3.63, 3.8) is 0 Å². The van der Waals surface area contributed by atoms with E-state index in [9.17, 15) is 4.79 Å². The molecule has 17 heavy (non-hydrogen) atoms. The van der Waals surface area contributed by atoms with Crippen molar-refractivity contribution >= 4 is 5.91 Å². The third-order valence-corrected chi connectivity index (χ3v) is 2.35. The van der Waals surface area contributed by atoms with Crippen LogP contribution in [0.15, 0.2) is 24.3 Å². The highest BCUT2D eigenvalue weighted by atomic mass is 16.5. The quantitative estimate of drug-likeness (QED) is 0.321. The maximum atomic E-state index is 11.2. The Bertz CT molecular complexity index is 353. The minimum Gasteiger partial charge on any atom is -0.508 e. The van der Waals surface area contributed by atoms with Crippen LogP contribution in [0.4, 0.5) is 0 Å². The summed E-state index contributed by atoms with van der Waals surface area (Å²) < 4.78 is 0. The van der Waals surface area contributed by atoms with Gasteiger partial charge in [0, 0.05) is 13.1 Å². The largest absolute Gasteiger partial charge is 0.508 e. The Balaban J connectivity index is 2.54. The summed E-state index contributed by atoms with van der Waals surface area (Å²) in [5, 5.41) is 20.5. The fraction of sp³-hybridized carbons (Fsp3) is 0.364. The van der Waals surface area contributed by atoms with Gasteiger partial charge in [0.25, 0.3) is 0 Å². The van der Waals surface area contributed by atoms with Crippen molar-refractivity contribution < 1.29 is 15.1 Å². The zero-order chi connectivity index (χ0) is 12.7. The lowest BCUT2D eigenvalue weighted by molar-refractivity contribution is -0.120. The van der Waals surface area contributed by atoms with Crippen molar-refractivity contribution in [2.75, 3.05) is 13.1 Å². The van der Waals surface area contributed by atoms with E-state index in [-0.39, 0.29) is 5.75 Å². The van der Waals surface area contributed by atoms with E-state index in [0.29, 0.717) is 19.5 Å². The second-order valence-electron chi connectivity index (χ2n) is 3.69. The Labute approximate surface area is 99.4 Å². The van der Waals surface area contributed by atoms with Crippen LogP contribution < -0.4 is 16.5 Å². The van der Waals surface area contributed by atoms with E-state index < -0.39 is 11.9 Å². The molecule has 0 bridgehead atoms. The average molecular weight is 239 g/mol. The van der Waals surface area contributed by atoms with Crippen molar-refractivity contribution in [2.24, 2.45) is 5.73 Å². The number of aromatic hydroxyl groups is 1. The molecule has 0 fully saturated rings. The van der Waals surface area contributed by atoms with Gasteiger partial charge in [-0.3, -0.25) is 4.79 Å². The molecule has 0 heterocycles. The van der Waals surface area contributed by atoms with Gasteiger partial charge in [0.05, 0.1) is 6.04 Å². The summed E-state index contributed by atoms with van der Waals surface area (Å²) in [4.78, 5) is 11.2. The first-order chi connectivity index (χ1) is 8.13. The lowest BCUT2D eigenvalue weighted by Gasteiger charge is -2.15. The predicted octanol–water partition coefficient (Wildman–Crippen LogP) is -0.643. The highest BCUT2D eigenvalue weighted by molar-refractivity contribution is 5.80. The topological polar surface area (TPSA) is 108 Å². The molecule has 0 saturated carbocycles. The van der Waals surface area contributed by atoms with Crippen molar-refractivity contribution in [1.29, 1.82) is 0 Å². The lowest BCUT2D eigenvalue weighted by atomic mass is 10.1. The molecule has 0 aromatic heterocycles. The molecule has 0 aliphatic heterocycles. The number of carbonyl (C=O) groups is 1. The minimum atomic E-state index is -0.493. The Kier molecular flexibility index (Phi) is 5.41. The van der Waals surface area contributed by atoms with Crippen molar-refractivity contribution in [1.82, 2.24) is 10.8 Å². The fourth-order valence-electron chi connectivity index (χ4n) is 1.44. The molecule has 0 saturated heterocycles. The van der Waals surface area contributed by atoms with Gasteiger partial charge in [0.2, 0.25) is 5.91 Å². The normalized spacial score (nSPS) is 12.3. The molecule has 94 valence electrons. The van der Waals surface area contributed by atoms with Crippen LogP contribution in [0, 0.1) is 0 Å². The first kappa shape index (κ1) is 13.4. The zero-order valence-corrected chi connectivity index (χ0v) is 9.39. The van der Waals surface area contributed by atoms with Gasteiger partial charge in [-0.05, 0) is 24.1 Å². The SMILES string of the molecule is NC(=O)[C@H](Cc1ccc(O)cc1)NCCNO. The Morgan fingerprint density at radius 3 is 2.47 bits per heavy atom. The molecule has 0 aliphatic rings. The first-order valence-electron chi connectivity index (χ1n) is 5.31. The molecule has 6 heteroatoms. The number of hydrogen-bond donors (Lipinski definition) is 5. The molecule has 0 spiro atoms. The summed E-state index contributed by atoms with van der Waals surface area (Å²) >= 11 is 0. The van der Waals surface area contributed by atoms with Crippen molar-refractivity contribution in [3.8, 4) is 5.75 Å². The molecule has 1 atom stereocenters. The van der Waals surface area contributed by atoms with E-state index in [1.54, 1.807) is 24.3 Å². The van der Waals surface area contributed by atoms with Gasteiger partial charge in [0.1, 0.15) is 5.75 Å². The number of hydroxylamine groups is 1. The number of benzene rings is 1. The van der Waals surface area contributed by atoms with Crippen LogP contribution in [0.3, 0.4) is 0 Å². The van der Waals surface area contributed by atoms with Crippen LogP contribution in [0.1, 0.15) is 5.56 Å². The van der Waals surface area contributed by atoms with E-state index in [4.69, 9.17) is 16.0 Å². The van der Waals surface area contributed by atoms with Crippen LogP contribution in [0.5, 0.6) is 5.75 Å². The number of amides is 1. The summed E-state index contributed by atoms with van der Waals surface area (Å²) in [5.41, 5.74) is 8.15. The number of primary amides is 1. The highest BCUT2D eigenvalue weighted by Gasteiger charge is 2.14. The Morgan fingerprint density at radius 1 is 1.29 bits per heavy atom.